The third-order valence-electron chi connectivity index (χ3n) is 5.85. The van der Waals surface area contributed by atoms with Gasteiger partial charge >= 0.3 is 5.97 Å². The Hall–Kier alpha value is -2.28. The van der Waals surface area contributed by atoms with Crippen molar-refractivity contribution in [2.24, 2.45) is 11.8 Å². The average molecular weight is 421 g/mol. The van der Waals surface area contributed by atoms with Crippen molar-refractivity contribution in [3.05, 3.63) is 23.3 Å². The van der Waals surface area contributed by atoms with Crippen molar-refractivity contribution in [3.8, 4) is 11.5 Å². The normalized spacial score (nSPS) is 16.3. The van der Waals surface area contributed by atoms with E-state index in [2.05, 4.69) is 5.32 Å². The first-order chi connectivity index (χ1) is 14.1. The number of carbonyl (C=O) groups is 2. The van der Waals surface area contributed by atoms with Gasteiger partial charge in [0, 0.05) is 19.2 Å². The Labute approximate surface area is 179 Å². The Morgan fingerprint density at radius 2 is 1.73 bits per heavy atom. The Bertz CT molecular complexity index is 739. The van der Waals surface area contributed by atoms with Crippen molar-refractivity contribution in [2.75, 3.05) is 19.6 Å². The number of amides is 1. The molecule has 168 valence electrons. The topological polar surface area (TPSA) is 110 Å². The zero-order valence-corrected chi connectivity index (χ0v) is 18.5. The van der Waals surface area contributed by atoms with Gasteiger partial charge in [-0.3, -0.25) is 9.59 Å². The van der Waals surface area contributed by atoms with Gasteiger partial charge in [-0.15, -0.1) is 0 Å². The molecule has 7 nitrogen and oxygen atoms in total. The third-order valence-corrected chi connectivity index (χ3v) is 5.85. The van der Waals surface area contributed by atoms with Crippen LogP contribution in [0.1, 0.15) is 75.2 Å². The summed E-state index contributed by atoms with van der Waals surface area (Å²) in [7, 11) is 0. The van der Waals surface area contributed by atoms with Crippen molar-refractivity contribution >= 4 is 11.9 Å². The Morgan fingerprint density at radius 1 is 1.10 bits per heavy atom. The summed E-state index contributed by atoms with van der Waals surface area (Å²) in [6.07, 6.45) is 3.19. The minimum atomic E-state index is -0.807. The van der Waals surface area contributed by atoms with Crippen LogP contribution in [0.3, 0.4) is 0 Å². The van der Waals surface area contributed by atoms with Gasteiger partial charge in [0.1, 0.15) is 17.5 Å². The van der Waals surface area contributed by atoms with E-state index in [1.54, 1.807) is 11.0 Å². The van der Waals surface area contributed by atoms with E-state index in [-0.39, 0.29) is 28.9 Å². The first kappa shape index (κ1) is 24.0. The monoisotopic (exact) mass is 420 g/mol. The number of carboxylic acids is 1. The van der Waals surface area contributed by atoms with Crippen LogP contribution in [-0.2, 0) is 4.79 Å². The number of likely N-dealkylation sites (tertiary alicyclic amines) is 1. The maximum absolute atomic E-state index is 12.9. The van der Waals surface area contributed by atoms with Gasteiger partial charge in [-0.25, -0.2) is 0 Å². The molecule has 1 atom stereocenters. The summed E-state index contributed by atoms with van der Waals surface area (Å²) in [4.78, 5) is 26.0. The maximum Gasteiger partial charge on any atom is 0.320 e. The van der Waals surface area contributed by atoms with Gasteiger partial charge in [0.05, 0.1) is 5.56 Å². The van der Waals surface area contributed by atoms with Gasteiger partial charge in [-0.1, -0.05) is 27.7 Å². The summed E-state index contributed by atoms with van der Waals surface area (Å²) >= 11 is 0. The van der Waals surface area contributed by atoms with Gasteiger partial charge < -0.3 is 25.5 Å². The van der Waals surface area contributed by atoms with Crippen LogP contribution in [-0.4, -0.2) is 57.8 Å². The Balaban J connectivity index is 1.88. The summed E-state index contributed by atoms with van der Waals surface area (Å²) in [5.41, 5.74) is 0.876. The van der Waals surface area contributed by atoms with Crippen LogP contribution in [0.5, 0.6) is 11.5 Å². The number of benzene rings is 1. The summed E-state index contributed by atoms with van der Waals surface area (Å²) in [6, 6.07) is 2.32. The zero-order valence-electron chi connectivity index (χ0n) is 18.5. The SMILES string of the molecule is CC(C)C[C@@H](NCCC1CCN(C(=O)c2cc(C(C)C)c(O)cc2O)CC1)C(=O)O. The molecule has 0 aromatic heterocycles. The second-order valence-corrected chi connectivity index (χ2v) is 9.08. The van der Waals surface area contributed by atoms with Gasteiger partial charge in [0.2, 0.25) is 0 Å². The second-order valence-electron chi connectivity index (χ2n) is 9.08. The highest BCUT2D eigenvalue weighted by Gasteiger charge is 2.27. The van der Waals surface area contributed by atoms with Crippen LogP contribution in [0.15, 0.2) is 12.1 Å². The molecule has 0 unspecified atom stereocenters. The molecule has 4 N–H and O–H groups in total. The second kappa shape index (κ2) is 10.7. The lowest BCUT2D eigenvalue weighted by Crippen LogP contribution is -2.41. The van der Waals surface area contributed by atoms with E-state index in [0.717, 1.165) is 19.3 Å². The lowest BCUT2D eigenvalue weighted by molar-refractivity contribution is -0.139. The van der Waals surface area contributed by atoms with Gasteiger partial charge in [-0.2, -0.15) is 0 Å². The minimum absolute atomic E-state index is 0.00221. The largest absolute Gasteiger partial charge is 0.508 e. The molecule has 30 heavy (non-hydrogen) atoms. The number of phenolic OH excluding ortho intramolecular Hbond substituents is 2. The van der Waals surface area contributed by atoms with Crippen molar-refractivity contribution in [1.82, 2.24) is 10.2 Å². The van der Waals surface area contributed by atoms with E-state index in [9.17, 15) is 24.9 Å². The highest BCUT2D eigenvalue weighted by atomic mass is 16.4. The maximum atomic E-state index is 12.9. The molecule has 7 heteroatoms. The molecule has 0 aliphatic carbocycles. The van der Waals surface area contributed by atoms with Gasteiger partial charge in [-0.05, 0) is 61.6 Å². The molecule has 2 rings (SSSR count). The molecule has 1 aromatic carbocycles. The summed E-state index contributed by atoms with van der Waals surface area (Å²) in [5.74, 6) is -0.413. The minimum Gasteiger partial charge on any atom is -0.508 e. The fourth-order valence-corrected chi connectivity index (χ4v) is 4.03. The highest BCUT2D eigenvalue weighted by molar-refractivity contribution is 5.97. The van der Waals surface area contributed by atoms with Gasteiger partial charge in [0.25, 0.3) is 5.91 Å². The third kappa shape index (κ3) is 6.36. The molecule has 0 spiro atoms. The summed E-state index contributed by atoms with van der Waals surface area (Å²) in [5, 5.41) is 32.6. The number of carboxylic acid groups (broad SMARTS) is 1. The number of phenols is 2. The van der Waals surface area contributed by atoms with E-state index in [1.807, 2.05) is 27.7 Å². The molecule has 0 bridgehead atoms. The number of rotatable bonds is 9. The summed E-state index contributed by atoms with van der Waals surface area (Å²) < 4.78 is 0. The van der Waals surface area contributed by atoms with Gasteiger partial charge in [0.15, 0.2) is 0 Å². The number of piperidine rings is 1. The molecule has 0 saturated carbocycles. The van der Waals surface area contributed by atoms with E-state index < -0.39 is 12.0 Å². The first-order valence-electron chi connectivity index (χ1n) is 10.9. The molecule has 1 fully saturated rings. The van der Waals surface area contributed by atoms with Crippen LogP contribution in [0, 0.1) is 11.8 Å². The van der Waals surface area contributed by atoms with E-state index in [1.165, 1.54) is 6.07 Å². The lowest BCUT2D eigenvalue weighted by atomic mass is 9.92. The number of nitrogens with zero attached hydrogens (tertiary/aromatic N) is 1. The highest BCUT2D eigenvalue weighted by Crippen LogP contribution is 2.33. The quantitative estimate of drug-likeness (QED) is 0.486. The van der Waals surface area contributed by atoms with E-state index in [4.69, 9.17) is 0 Å². The molecule has 1 saturated heterocycles. The van der Waals surface area contributed by atoms with Crippen LogP contribution >= 0.6 is 0 Å². The fourth-order valence-electron chi connectivity index (χ4n) is 4.03. The number of carbonyl (C=O) groups excluding carboxylic acids is 1. The molecule has 1 aliphatic heterocycles. The van der Waals surface area contributed by atoms with Crippen molar-refractivity contribution in [1.29, 1.82) is 0 Å². The van der Waals surface area contributed by atoms with E-state index in [0.29, 0.717) is 43.5 Å². The van der Waals surface area contributed by atoms with E-state index >= 15 is 0 Å². The van der Waals surface area contributed by atoms with Crippen LogP contribution in [0.25, 0.3) is 0 Å². The average Bonchev–Trinajstić information content (AvgIpc) is 2.66. The van der Waals surface area contributed by atoms with Crippen molar-refractivity contribution < 1.29 is 24.9 Å². The molecule has 1 aliphatic rings. The predicted molar refractivity (Wildman–Crippen MR) is 116 cm³/mol. The number of nitrogens with one attached hydrogen (secondary N) is 1. The molecule has 1 heterocycles. The van der Waals surface area contributed by atoms with Crippen LogP contribution < -0.4 is 5.32 Å². The molecular weight excluding hydrogens is 384 g/mol. The molecular formula is C23H36N2O5. The van der Waals surface area contributed by atoms with Crippen LogP contribution in [0.4, 0.5) is 0 Å². The Morgan fingerprint density at radius 3 is 2.27 bits per heavy atom. The zero-order chi connectivity index (χ0) is 22.4. The number of hydrogen-bond acceptors (Lipinski definition) is 5. The molecule has 1 amide bonds. The number of hydrogen-bond donors (Lipinski definition) is 4. The molecule has 1 aromatic rings. The fraction of sp³-hybridized carbons (Fsp3) is 0.652. The number of aliphatic carboxylic acids is 1. The Kier molecular flexibility index (Phi) is 8.53. The lowest BCUT2D eigenvalue weighted by Gasteiger charge is -2.32. The predicted octanol–water partition coefficient (Wildman–Crippen LogP) is 3.55. The smallest absolute Gasteiger partial charge is 0.320 e. The standard InChI is InChI=1S/C23H36N2O5/c1-14(2)11-19(23(29)30)24-8-5-16-6-9-25(10-7-16)22(28)18-12-17(15(3)4)20(26)13-21(18)27/h12-16,19,24,26-27H,5-11H2,1-4H3,(H,29,30)/t19-/m1/s1. The van der Waals surface area contributed by atoms with Crippen molar-refractivity contribution in [3.63, 3.8) is 0 Å². The molecule has 0 radical (unpaired) electrons. The van der Waals surface area contributed by atoms with Crippen LogP contribution in [0.2, 0.25) is 0 Å². The van der Waals surface area contributed by atoms with Crippen molar-refractivity contribution in [2.45, 2.75) is 65.3 Å². The summed E-state index contributed by atoms with van der Waals surface area (Å²) in [6.45, 7) is 9.75. The number of aromatic hydroxyl groups is 2. The first-order valence-corrected chi connectivity index (χ1v) is 10.9.